The Morgan fingerprint density at radius 1 is 1.25 bits per heavy atom. The van der Waals surface area contributed by atoms with Crippen molar-refractivity contribution in [2.75, 3.05) is 0 Å². The minimum atomic E-state index is -0.00351. The molecule has 2 aromatic rings. The van der Waals surface area contributed by atoms with Gasteiger partial charge in [0.1, 0.15) is 0 Å². The highest BCUT2D eigenvalue weighted by Crippen LogP contribution is 2.18. The number of carbonyl (C=O) groups is 1. The molecule has 1 N–H and O–H groups in total. The number of amides is 1. The van der Waals surface area contributed by atoms with E-state index in [4.69, 9.17) is 0 Å². The first-order chi connectivity index (χ1) is 9.81. The van der Waals surface area contributed by atoms with Gasteiger partial charge in [-0.3, -0.25) is 9.48 Å². The molecule has 1 aliphatic rings. The summed E-state index contributed by atoms with van der Waals surface area (Å²) in [5, 5.41) is 7.34. The Morgan fingerprint density at radius 3 is 2.75 bits per heavy atom. The maximum atomic E-state index is 12.1. The standard InChI is InChI=1S/C16H19N3O/c20-16(18-15-8-4-5-9-15)14-10-17-19(12-14)11-13-6-2-1-3-7-13/h1-3,6-7,10,12,15H,4-5,8-9,11H2,(H,18,20). The summed E-state index contributed by atoms with van der Waals surface area (Å²) >= 11 is 0. The molecule has 0 aliphatic heterocycles. The minimum Gasteiger partial charge on any atom is -0.349 e. The number of nitrogens with zero attached hydrogens (tertiary/aromatic N) is 2. The van der Waals surface area contributed by atoms with E-state index in [2.05, 4.69) is 22.5 Å². The number of aromatic nitrogens is 2. The minimum absolute atomic E-state index is 0.00351. The number of carbonyl (C=O) groups excluding carboxylic acids is 1. The van der Waals surface area contributed by atoms with Gasteiger partial charge in [0.25, 0.3) is 5.91 Å². The van der Waals surface area contributed by atoms with Crippen molar-refractivity contribution < 1.29 is 4.79 Å². The number of hydrogen-bond donors (Lipinski definition) is 1. The fourth-order valence-electron chi connectivity index (χ4n) is 2.68. The van der Waals surface area contributed by atoms with Crippen LogP contribution in [0.5, 0.6) is 0 Å². The van der Waals surface area contributed by atoms with Crippen LogP contribution in [-0.2, 0) is 6.54 Å². The lowest BCUT2D eigenvalue weighted by Crippen LogP contribution is -2.32. The maximum absolute atomic E-state index is 12.1. The quantitative estimate of drug-likeness (QED) is 0.927. The summed E-state index contributed by atoms with van der Waals surface area (Å²) in [7, 11) is 0. The third kappa shape index (κ3) is 3.07. The molecule has 1 aromatic heterocycles. The van der Waals surface area contributed by atoms with Gasteiger partial charge in [-0.15, -0.1) is 0 Å². The van der Waals surface area contributed by atoms with E-state index in [0.717, 1.165) is 12.8 Å². The van der Waals surface area contributed by atoms with Gasteiger partial charge in [0.2, 0.25) is 0 Å². The molecule has 0 atom stereocenters. The molecular formula is C16H19N3O. The summed E-state index contributed by atoms with van der Waals surface area (Å²) < 4.78 is 1.80. The predicted octanol–water partition coefficient (Wildman–Crippen LogP) is 2.60. The summed E-state index contributed by atoms with van der Waals surface area (Å²) in [5.74, 6) is -0.00351. The van der Waals surface area contributed by atoms with Gasteiger partial charge in [0.15, 0.2) is 0 Å². The van der Waals surface area contributed by atoms with Gasteiger partial charge in [-0.05, 0) is 18.4 Å². The number of hydrogen-bond acceptors (Lipinski definition) is 2. The summed E-state index contributed by atoms with van der Waals surface area (Å²) in [6.45, 7) is 0.692. The maximum Gasteiger partial charge on any atom is 0.254 e. The van der Waals surface area contributed by atoms with Crippen molar-refractivity contribution in [2.45, 2.75) is 38.3 Å². The van der Waals surface area contributed by atoms with Gasteiger partial charge in [0.05, 0.1) is 18.3 Å². The molecule has 4 heteroatoms. The Labute approximate surface area is 118 Å². The van der Waals surface area contributed by atoms with E-state index in [-0.39, 0.29) is 5.91 Å². The van der Waals surface area contributed by atoms with Gasteiger partial charge >= 0.3 is 0 Å². The van der Waals surface area contributed by atoms with Crippen LogP contribution in [0.1, 0.15) is 41.6 Å². The fraction of sp³-hybridized carbons (Fsp3) is 0.375. The predicted molar refractivity (Wildman–Crippen MR) is 77.5 cm³/mol. The van der Waals surface area contributed by atoms with E-state index in [1.807, 2.05) is 24.4 Å². The van der Waals surface area contributed by atoms with Crippen LogP contribution < -0.4 is 5.32 Å². The van der Waals surface area contributed by atoms with Crippen molar-refractivity contribution in [3.05, 3.63) is 53.9 Å². The molecule has 1 heterocycles. The second kappa shape index (κ2) is 5.90. The van der Waals surface area contributed by atoms with Crippen molar-refractivity contribution in [1.29, 1.82) is 0 Å². The molecule has 1 aliphatic carbocycles. The first-order valence-electron chi connectivity index (χ1n) is 7.18. The SMILES string of the molecule is O=C(NC1CCCC1)c1cnn(Cc2ccccc2)c1. The van der Waals surface area contributed by atoms with Gasteiger partial charge in [-0.2, -0.15) is 5.10 Å². The zero-order chi connectivity index (χ0) is 13.8. The van der Waals surface area contributed by atoms with E-state index in [0.29, 0.717) is 18.2 Å². The smallest absolute Gasteiger partial charge is 0.254 e. The Balaban J connectivity index is 1.62. The Hall–Kier alpha value is -2.10. The van der Waals surface area contributed by atoms with Gasteiger partial charge < -0.3 is 5.32 Å². The molecule has 1 aromatic carbocycles. The third-order valence-electron chi connectivity index (χ3n) is 3.77. The van der Waals surface area contributed by atoms with Crippen LogP contribution in [0.4, 0.5) is 0 Å². The molecule has 4 nitrogen and oxygen atoms in total. The summed E-state index contributed by atoms with van der Waals surface area (Å²) in [6, 6.07) is 10.5. The number of rotatable bonds is 4. The van der Waals surface area contributed by atoms with Gasteiger partial charge in [-0.25, -0.2) is 0 Å². The lowest BCUT2D eigenvalue weighted by atomic mass is 10.2. The van der Waals surface area contributed by atoms with Crippen LogP contribution >= 0.6 is 0 Å². The van der Waals surface area contributed by atoms with E-state index in [1.54, 1.807) is 10.9 Å². The Morgan fingerprint density at radius 2 is 2.00 bits per heavy atom. The molecule has 3 rings (SSSR count). The van der Waals surface area contributed by atoms with Crippen molar-refractivity contribution in [3.63, 3.8) is 0 Å². The molecule has 1 saturated carbocycles. The topological polar surface area (TPSA) is 46.9 Å². The summed E-state index contributed by atoms with van der Waals surface area (Å²) in [5.41, 5.74) is 1.83. The number of nitrogens with one attached hydrogen (secondary N) is 1. The normalized spacial score (nSPS) is 15.4. The molecule has 0 spiro atoms. The fourth-order valence-corrected chi connectivity index (χ4v) is 2.68. The largest absolute Gasteiger partial charge is 0.349 e. The third-order valence-corrected chi connectivity index (χ3v) is 3.77. The molecule has 20 heavy (non-hydrogen) atoms. The van der Waals surface area contributed by atoms with Crippen LogP contribution in [0.2, 0.25) is 0 Å². The highest BCUT2D eigenvalue weighted by molar-refractivity contribution is 5.93. The van der Waals surface area contributed by atoms with E-state index >= 15 is 0 Å². The van der Waals surface area contributed by atoms with Gasteiger partial charge in [0, 0.05) is 12.2 Å². The zero-order valence-electron chi connectivity index (χ0n) is 11.5. The molecule has 104 valence electrons. The molecule has 1 fully saturated rings. The van der Waals surface area contributed by atoms with Crippen LogP contribution in [0.25, 0.3) is 0 Å². The average molecular weight is 269 g/mol. The van der Waals surface area contributed by atoms with Crippen molar-refractivity contribution in [2.24, 2.45) is 0 Å². The Bertz CT molecular complexity index is 570. The number of benzene rings is 1. The van der Waals surface area contributed by atoms with Crippen molar-refractivity contribution >= 4 is 5.91 Å². The van der Waals surface area contributed by atoms with E-state index in [9.17, 15) is 4.79 Å². The first-order valence-corrected chi connectivity index (χ1v) is 7.18. The molecule has 0 bridgehead atoms. The molecule has 0 unspecified atom stereocenters. The lowest BCUT2D eigenvalue weighted by molar-refractivity contribution is 0.0938. The van der Waals surface area contributed by atoms with E-state index < -0.39 is 0 Å². The highest BCUT2D eigenvalue weighted by atomic mass is 16.1. The lowest BCUT2D eigenvalue weighted by Gasteiger charge is -2.10. The summed E-state index contributed by atoms with van der Waals surface area (Å²) in [4.78, 5) is 12.1. The Kier molecular flexibility index (Phi) is 3.81. The molecular weight excluding hydrogens is 250 g/mol. The second-order valence-electron chi connectivity index (χ2n) is 5.37. The second-order valence-corrected chi connectivity index (χ2v) is 5.37. The van der Waals surface area contributed by atoms with Crippen LogP contribution in [0.15, 0.2) is 42.7 Å². The van der Waals surface area contributed by atoms with Crippen LogP contribution in [0.3, 0.4) is 0 Å². The van der Waals surface area contributed by atoms with Crippen molar-refractivity contribution in [1.82, 2.24) is 15.1 Å². The highest BCUT2D eigenvalue weighted by Gasteiger charge is 2.18. The molecule has 0 radical (unpaired) electrons. The van der Waals surface area contributed by atoms with Crippen LogP contribution in [-0.4, -0.2) is 21.7 Å². The van der Waals surface area contributed by atoms with Crippen LogP contribution in [0, 0.1) is 0 Å². The monoisotopic (exact) mass is 269 g/mol. The van der Waals surface area contributed by atoms with E-state index in [1.165, 1.54) is 18.4 Å². The zero-order valence-corrected chi connectivity index (χ0v) is 11.5. The molecule has 1 amide bonds. The average Bonchev–Trinajstić information content (AvgIpc) is 3.11. The first kappa shape index (κ1) is 12.9. The van der Waals surface area contributed by atoms with Crippen molar-refractivity contribution in [3.8, 4) is 0 Å². The van der Waals surface area contributed by atoms with Gasteiger partial charge in [-0.1, -0.05) is 43.2 Å². The summed E-state index contributed by atoms with van der Waals surface area (Å²) in [6.07, 6.45) is 8.11. The molecule has 0 saturated heterocycles.